The van der Waals surface area contributed by atoms with Gasteiger partial charge in [-0.15, -0.1) is 0 Å². The Labute approximate surface area is 113 Å². The Hall–Kier alpha value is -2.50. The highest BCUT2D eigenvalue weighted by molar-refractivity contribution is 5.93. The maximum atomic E-state index is 13.1. The fourth-order valence-corrected chi connectivity index (χ4v) is 1.91. The third-order valence-electron chi connectivity index (χ3n) is 2.97. The monoisotopic (exact) mass is 276 g/mol. The molecule has 104 valence electrons. The zero-order valence-corrected chi connectivity index (χ0v) is 11.1. The maximum Gasteiger partial charge on any atom is 0.331 e. The van der Waals surface area contributed by atoms with Gasteiger partial charge in [0.25, 0.3) is 5.56 Å². The van der Waals surface area contributed by atoms with E-state index in [1.807, 2.05) is 0 Å². The van der Waals surface area contributed by atoms with Crippen LogP contribution in [0.3, 0.4) is 0 Å². The number of carbonyl (C=O) groups excluding carboxylic acids is 1. The van der Waals surface area contributed by atoms with Gasteiger partial charge in [-0.3, -0.25) is 18.7 Å². The normalized spacial score (nSPS) is 10.6. The number of rotatable bonds is 3. The number of hydrogen-bond donors (Lipinski definition) is 0. The molecule has 0 fully saturated rings. The van der Waals surface area contributed by atoms with E-state index in [2.05, 4.69) is 0 Å². The number of ketones is 1. The predicted octanol–water partition coefficient (Wildman–Crippen LogP) is 0.937. The highest BCUT2D eigenvalue weighted by Gasteiger charge is 2.12. The predicted molar refractivity (Wildman–Crippen MR) is 71.4 cm³/mol. The number of aromatic nitrogens is 2. The molecule has 0 saturated carbocycles. The highest BCUT2D eigenvalue weighted by atomic mass is 19.1. The molecule has 6 heteroatoms. The van der Waals surface area contributed by atoms with Gasteiger partial charge in [-0.25, -0.2) is 9.18 Å². The fraction of sp³-hybridized carbons (Fsp3) is 0.214. The van der Waals surface area contributed by atoms with Crippen molar-refractivity contribution in [1.29, 1.82) is 0 Å². The molecule has 1 aromatic carbocycles. The average Bonchev–Trinajstić information content (AvgIpc) is 2.39. The molecule has 0 spiro atoms. The molecule has 0 atom stereocenters. The van der Waals surface area contributed by atoms with Crippen LogP contribution in [0.4, 0.5) is 4.39 Å². The van der Waals surface area contributed by atoms with E-state index < -0.39 is 22.8 Å². The molecule has 1 heterocycles. The standard InChI is InChI=1S/C14H13FN2O3/c1-9(18)12-8-17(14(20)16(2)13(12)19)7-10-4-3-5-11(15)6-10/h3-6,8H,7H2,1-2H3. The third kappa shape index (κ3) is 2.59. The van der Waals surface area contributed by atoms with Crippen molar-refractivity contribution in [1.82, 2.24) is 9.13 Å². The maximum absolute atomic E-state index is 13.1. The molecule has 0 amide bonds. The van der Waals surface area contributed by atoms with Gasteiger partial charge in [0, 0.05) is 13.2 Å². The van der Waals surface area contributed by atoms with Crippen LogP contribution >= 0.6 is 0 Å². The Kier molecular flexibility index (Phi) is 3.65. The van der Waals surface area contributed by atoms with Crippen molar-refractivity contribution in [3.8, 4) is 0 Å². The van der Waals surface area contributed by atoms with E-state index in [-0.39, 0.29) is 12.1 Å². The summed E-state index contributed by atoms with van der Waals surface area (Å²) in [6, 6.07) is 5.79. The average molecular weight is 276 g/mol. The molecule has 5 nitrogen and oxygen atoms in total. The first-order chi connectivity index (χ1) is 9.40. The molecule has 1 aromatic heterocycles. The molecule has 0 aliphatic rings. The second kappa shape index (κ2) is 5.24. The lowest BCUT2D eigenvalue weighted by Crippen LogP contribution is -2.40. The number of nitrogens with zero attached hydrogens (tertiary/aromatic N) is 2. The van der Waals surface area contributed by atoms with E-state index in [9.17, 15) is 18.8 Å². The summed E-state index contributed by atoms with van der Waals surface area (Å²) in [6.45, 7) is 1.35. The second-order valence-electron chi connectivity index (χ2n) is 4.50. The van der Waals surface area contributed by atoms with Gasteiger partial charge in [-0.05, 0) is 24.6 Å². The van der Waals surface area contributed by atoms with Crippen molar-refractivity contribution < 1.29 is 9.18 Å². The van der Waals surface area contributed by atoms with Gasteiger partial charge >= 0.3 is 5.69 Å². The lowest BCUT2D eigenvalue weighted by molar-refractivity contribution is 0.101. The van der Waals surface area contributed by atoms with Crippen LogP contribution in [0.5, 0.6) is 0 Å². The minimum absolute atomic E-state index is 0.0662. The highest BCUT2D eigenvalue weighted by Crippen LogP contribution is 2.05. The lowest BCUT2D eigenvalue weighted by Gasteiger charge is -2.09. The quantitative estimate of drug-likeness (QED) is 0.784. The van der Waals surface area contributed by atoms with Crippen LogP contribution in [0.1, 0.15) is 22.8 Å². The molecule has 0 bridgehead atoms. The molecule has 0 N–H and O–H groups in total. The van der Waals surface area contributed by atoms with E-state index in [1.165, 1.54) is 42.9 Å². The molecule has 2 aromatic rings. The molecule has 0 saturated heterocycles. The van der Waals surface area contributed by atoms with Crippen LogP contribution in [0.25, 0.3) is 0 Å². The van der Waals surface area contributed by atoms with Gasteiger partial charge in [-0.2, -0.15) is 0 Å². The van der Waals surface area contributed by atoms with Crippen molar-refractivity contribution in [3.63, 3.8) is 0 Å². The van der Waals surface area contributed by atoms with E-state index in [1.54, 1.807) is 6.07 Å². The number of hydrogen-bond acceptors (Lipinski definition) is 3. The Bertz CT molecular complexity index is 790. The molecule has 0 aliphatic carbocycles. The van der Waals surface area contributed by atoms with Crippen LogP contribution in [0.15, 0.2) is 40.1 Å². The minimum Gasteiger partial charge on any atom is -0.295 e. The zero-order chi connectivity index (χ0) is 14.9. The molecule has 0 radical (unpaired) electrons. The first kappa shape index (κ1) is 13.9. The Morgan fingerprint density at radius 3 is 2.60 bits per heavy atom. The van der Waals surface area contributed by atoms with Crippen molar-refractivity contribution >= 4 is 5.78 Å². The van der Waals surface area contributed by atoms with Gasteiger partial charge in [0.1, 0.15) is 5.82 Å². The van der Waals surface area contributed by atoms with E-state index in [0.29, 0.717) is 5.56 Å². The summed E-state index contributed by atoms with van der Waals surface area (Å²) < 4.78 is 15.2. The van der Waals surface area contributed by atoms with Crippen molar-refractivity contribution in [2.24, 2.45) is 7.05 Å². The number of halogens is 1. The Morgan fingerprint density at radius 2 is 2.00 bits per heavy atom. The Balaban J connectivity index is 2.55. The zero-order valence-electron chi connectivity index (χ0n) is 11.1. The smallest absolute Gasteiger partial charge is 0.295 e. The summed E-state index contributed by atoms with van der Waals surface area (Å²) in [6.07, 6.45) is 1.22. The first-order valence-electron chi connectivity index (χ1n) is 5.96. The number of benzene rings is 1. The number of carbonyl (C=O) groups is 1. The summed E-state index contributed by atoms with van der Waals surface area (Å²) in [5.74, 6) is -0.828. The summed E-state index contributed by atoms with van der Waals surface area (Å²) in [5.41, 5.74) is -0.675. The first-order valence-corrected chi connectivity index (χ1v) is 5.96. The summed E-state index contributed by atoms with van der Waals surface area (Å²) >= 11 is 0. The fourth-order valence-electron chi connectivity index (χ4n) is 1.91. The van der Waals surface area contributed by atoms with Crippen LogP contribution in [0, 0.1) is 5.82 Å². The molecule has 20 heavy (non-hydrogen) atoms. The molecule has 2 rings (SSSR count). The topological polar surface area (TPSA) is 61.1 Å². The van der Waals surface area contributed by atoms with Crippen molar-refractivity contribution in [2.75, 3.05) is 0 Å². The van der Waals surface area contributed by atoms with Crippen LogP contribution in [-0.4, -0.2) is 14.9 Å². The molecule has 0 aliphatic heterocycles. The lowest BCUT2D eigenvalue weighted by atomic mass is 10.2. The van der Waals surface area contributed by atoms with E-state index in [4.69, 9.17) is 0 Å². The minimum atomic E-state index is -0.627. The van der Waals surface area contributed by atoms with Crippen molar-refractivity contribution in [3.05, 3.63) is 68.2 Å². The van der Waals surface area contributed by atoms with Crippen LogP contribution in [0.2, 0.25) is 0 Å². The van der Waals surface area contributed by atoms with Crippen LogP contribution < -0.4 is 11.2 Å². The Morgan fingerprint density at radius 1 is 1.30 bits per heavy atom. The number of Topliss-reactive ketones (excluding diaryl/α,β-unsaturated/α-hetero) is 1. The molecular formula is C14H13FN2O3. The van der Waals surface area contributed by atoms with Crippen molar-refractivity contribution in [2.45, 2.75) is 13.5 Å². The molecule has 0 unspecified atom stereocenters. The largest absolute Gasteiger partial charge is 0.331 e. The van der Waals surface area contributed by atoms with Crippen LogP contribution in [-0.2, 0) is 13.6 Å². The molecular weight excluding hydrogens is 263 g/mol. The van der Waals surface area contributed by atoms with Gasteiger partial charge in [-0.1, -0.05) is 12.1 Å². The van der Waals surface area contributed by atoms with E-state index >= 15 is 0 Å². The van der Waals surface area contributed by atoms with Gasteiger partial charge in [0.15, 0.2) is 5.78 Å². The summed E-state index contributed by atoms with van der Waals surface area (Å²) in [7, 11) is 1.30. The van der Waals surface area contributed by atoms with Gasteiger partial charge in [0.2, 0.25) is 0 Å². The SMILES string of the molecule is CC(=O)c1cn(Cc2cccc(F)c2)c(=O)n(C)c1=O. The van der Waals surface area contributed by atoms with Gasteiger partial charge in [0.05, 0.1) is 12.1 Å². The van der Waals surface area contributed by atoms with Gasteiger partial charge < -0.3 is 0 Å². The summed E-state index contributed by atoms with van der Waals surface area (Å²) in [4.78, 5) is 35.1. The second-order valence-corrected chi connectivity index (χ2v) is 4.50. The summed E-state index contributed by atoms with van der Waals surface area (Å²) in [5, 5.41) is 0. The third-order valence-corrected chi connectivity index (χ3v) is 2.97. The van der Waals surface area contributed by atoms with E-state index in [0.717, 1.165) is 4.57 Å².